The molecule has 9 aliphatic heterocycles. The van der Waals surface area contributed by atoms with Crippen molar-refractivity contribution in [2.45, 2.75) is 292 Å². The lowest BCUT2D eigenvalue weighted by molar-refractivity contribution is -0.402. The molecule has 672 valence electrons. The maximum Gasteiger partial charge on any atom is 0.295 e. The van der Waals surface area contributed by atoms with Gasteiger partial charge in [0.05, 0.1) is 39.1 Å². The molecule has 0 bridgehead atoms. The van der Waals surface area contributed by atoms with E-state index in [0.29, 0.717) is 0 Å². The van der Waals surface area contributed by atoms with Crippen molar-refractivity contribution in [3.8, 4) is 0 Å². The van der Waals surface area contributed by atoms with Gasteiger partial charge >= 0.3 is 0 Å². The fourth-order valence-electron chi connectivity index (χ4n) is 13.7. The summed E-state index contributed by atoms with van der Waals surface area (Å²) in [6, 6.07) is -5.12. The molecule has 0 saturated carbocycles. The van der Waals surface area contributed by atoms with Gasteiger partial charge in [-0.25, -0.2) is 0 Å². The number of rotatable bonds is 35. The molecule has 55 nitrogen and oxygen atoms in total. The fraction of sp³-hybridized carbons (Fsp3) is 0.871. The molecule has 0 radical (unpaired) electrons. The predicted molar refractivity (Wildman–Crippen MR) is 349 cm³/mol. The van der Waals surface area contributed by atoms with Gasteiger partial charge in [-0.15, -0.1) is 0 Å². The zero-order valence-electron chi connectivity index (χ0n) is 61.6. The number of aliphatic hydroxyl groups is 20. The van der Waals surface area contributed by atoms with Gasteiger partial charge in [0, 0.05) is 33.9 Å². The van der Waals surface area contributed by atoms with Gasteiger partial charge in [-0.3, -0.25) is 38.4 Å². The first-order chi connectivity index (χ1) is 55.7. The number of nitrogens with one attached hydrogen (secondary N) is 3. The van der Waals surface area contributed by atoms with Crippen LogP contribution in [-0.2, 0) is 143 Å². The summed E-state index contributed by atoms with van der Waals surface area (Å²) >= 11 is 0. The number of carbonyl (C=O) groups excluding carboxylic acids is 8. The van der Waals surface area contributed by atoms with Gasteiger partial charge in [0.15, 0.2) is 68.6 Å². The van der Waals surface area contributed by atoms with E-state index in [1.807, 2.05) is 0 Å². The third kappa shape index (κ3) is 22.5. The normalized spacial score (nSPS) is 46.1. The SMILES string of the molecule is CC(=O)N[C@H]1C(O)[C@H](O[C@@H]2OC(OC=O)[C@@H](O)C(O)[C@@H]2O)C(CO)O[C@@H]1O[C@@H]1C(OC=O)O[C@@H](O[C@@H]2C(CO)O[C@@H](CN)C2O)[C@@H](O)C1O.CC(=O)N[C@H]1C(O)[C@H](O[C@@H]2OC(OC=O)[C@@H](O)C(O)[C@@H]2O)C(CO)O[C@@H]1O[C@@H]1C(OC=O)O[C@@H](O[C@@H]2C(CO)O[C@H](O[C@@H]3C(OC=O)O[C@@H](OCCN)[C@@H](O)C3O)[C@@H](NC(C)=O)C2O)[C@@H](O)C1O. The topological polar surface area (TPSA) is 832 Å². The van der Waals surface area contributed by atoms with E-state index in [4.69, 9.17) is 106 Å². The van der Waals surface area contributed by atoms with Crippen LogP contribution in [0.1, 0.15) is 20.8 Å². The Balaban J connectivity index is 0.000000308. The molecule has 9 heterocycles. The van der Waals surface area contributed by atoms with Crippen molar-refractivity contribution in [1.82, 2.24) is 16.0 Å². The number of hydrogen-bond acceptors (Lipinski definition) is 52. The van der Waals surface area contributed by atoms with Crippen molar-refractivity contribution in [2.24, 2.45) is 11.5 Å². The first kappa shape index (κ1) is 96.7. The number of carbonyl (C=O) groups is 8. The molecule has 55 heteroatoms. The zero-order chi connectivity index (χ0) is 86.3. The molecule has 3 amide bonds. The summed E-state index contributed by atoms with van der Waals surface area (Å²) in [6.07, 6.45) is -75.6. The maximum atomic E-state index is 12.4. The molecule has 0 aliphatic carbocycles. The number of nitrogens with two attached hydrogens (primary N) is 2. The van der Waals surface area contributed by atoms with Crippen molar-refractivity contribution >= 4 is 50.1 Å². The lowest BCUT2D eigenvalue weighted by Gasteiger charge is -2.50. The molecule has 27 N–H and O–H groups in total. The van der Waals surface area contributed by atoms with Crippen molar-refractivity contribution < 1.29 is 245 Å². The van der Waals surface area contributed by atoms with E-state index in [1.54, 1.807) is 0 Å². The van der Waals surface area contributed by atoms with Gasteiger partial charge in [-0.1, -0.05) is 0 Å². The van der Waals surface area contributed by atoms with Crippen LogP contribution in [0.15, 0.2) is 0 Å². The quantitative estimate of drug-likeness (QED) is 0.0207. The highest BCUT2D eigenvalue weighted by atomic mass is 16.9. The Morgan fingerprint density at radius 1 is 0.282 bits per heavy atom. The average molecular weight is 1710 g/mol. The van der Waals surface area contributed by atoms with Crippen LogP contribution in [0, 0.1) is 0 Å². The van der Waals surface area contributed by atoms with Crippen LogP contribution in [0.5, 0.6) is 0 Å². The van der Waals surface area contributed by atoms with Crippen molar-refractivity contribution in [2.75, 3.05) is 46.1 Å². The standard InChI is InChI=1S/C36H57N3O29.C26H42N2O21/c1-10(45)38-14-16(47)25(62-33-22(53)18(49)21(52)32(66-33)57-7-42)12(5-40)60-30(14)65-28-20(51)24(55)34(68-36(28)59-9-44)63-26-13(6-41)61-29(15(17(26)48)39-11(2)46)64-27-19(50)23(54)31(56-4-3-37)67-35(27)58-8-43;1-7(33)28-11-13(35)20(46-24-17(39)14(36)16(38)23(48-24)41-5-31)10(4-30)44-22(11)47-21-15(37)18(40)25(49-26(21)42-6-32)45-19-9(3-29)43-8(2-27)12(19)34/h7-9,12-36,40-41,47-55H,3-6,37H2,1-2H3,(H,38,45)(H,39,46);5-6,8-26,29-30,34-40H,2-4,27H2,1H3,(H,28,33)/t12?,13?,14-,15-,16?,17?,18?,19?,20?,21-,22-,23-,24-,25+,26+,27-,28-,29+,30+,31+,32?,33+,34+,35?,36?;8-,9?,10?,11-,12?,13?,14?,15?,16-,17-,18-,19+,20+,21-,22+,23?,24+,25+,26?/m00/s1. The summed E-state index contributed by atoms with van der Waals surface area (Å²) < 4.78 is 119. The van der Waals surface area contributed by atoms with Crippen LogP contribution >= 0.6 is 0 Å². The minimum Gasteiger partial charge on any atom is -0.435 e. The molecule has 0 spiro atoms. The third-order valence-electron chi connectivity index (χ3n) is 19.5. The van der Waals surface area contributed by atoms with E-state index in [-0.39, 0.29) is 52.1 Å². The number of hydrogen-bond donors (Lipinski definition) is 25. The van der Waals surface area contributed by atoms with Crippen molar-refractivity contribution in [3.05, 3.63) is 0 Å². The first-order valence-corrected chi connectivity index (χ1v) is 35.8. The Hall–Kier alpha value is -5.80. The van der Waals surface area contributed by atoms with E-state index < -0.39 is 315 Å². The van der Waals surface area contributed by atoms with Crippen LogP contribution in [0.4, 0.5) is 0 Å². The Morgan fingerprint density at radius 2 is 0.521 bits per heavy atom. The van der Waals surface area contributed by atoms with E-state index in [9.17, 15) is 140 Å². The van der Waals surface area contributed by atoms with Crippen LogP contribution in [0.2, 0.25) is 0 Å². The summed E-state index contributed by atoms with van der Waals surface area (Å²) in [5, 5.41) is 220. The summed E-state index contributed by atoms with van der Waals surface area (Å²) in [4.78, 5) is 93.1. The van der Waals surface area contributed by atoms with Gasteiger partial charge in [0.25, 0.3) is 32.4 Å². The first-order valence-electron chi connectivity index (χ1n) is 35.8. The molecule has 0 aromatic rings. The Morgan fingerprint density at radius 3 is 0.795 bits per heavy atom. The Bertz CT molecular complexity index is 3120. The summed E-state index contributed by atoms with van der Waals surface area (Å²) in [6.45, 7) is -1.51. The van der Waals surface area contributed by atoms with Gasteiger partial charge in [0.2, 0.25) is 49.2 Å². The molecule has 18 unspecified atom stereocenters. The summed E-state index contributed by atoms with van der Waals surface area (Å²) in [7, 11) is 0. The molecule has 9 saturated heterocycles. The average Bonchev–Trinajstić information content (AvgIpc) is 0.833. The molecule has 9 aliphatic rings. The Kier molecular flexibility index (Phi) is 36.6. The van der Waals surface area contributed by atoms with Crippen LogP contribution in [-0.4, -0.2) is 469 Å². The molecule has 117 heavy (non-hydrogen) atoms. The van der Waals surface area contributed by atoms with Gasteiger partial charge in [-0.2, -0.15) is 0 Å². The molecule has 0 aromatic heterocycles. The van der Waals surface area contributed by atoms with E-state index in [2.05, 4.69) is 25.4 Å². The lowest BCUT2D eigenvalue weighted by Crippen LogP contribution is -2.70. The monoisotopic (exact) mass is 1710 g/mol. The highest BCUT2D eigenvalue weighted by Gasteiger charge is 2.61. The van der Waals surface area contributed by atoms with E-state index >= 15 is 0 Å². The second kappa shape index (κ2) is 44.3. The molecule has 9 fully saturated rings. The lowest BCUT2D eigenvalue weighted by atomic mass is 9.95. The van der Waals surface area contributed by atoms with Crippen LogP contribution in [0.25, 0.3) is 0 Å². The highest BCUT2D eigenvalue weighted by molar-refractivity contribution is 5.74. The second-order valence-corrected chi connectivity index (χ2v) is 27.2. The largest absolute Gasteiger partial charge is 0.435 e. The number of amides is 3. The second-order valence-electron chi connectivity index (χ2n) is 27.2. The third-order valence-corrected chi connectivity index (χ3v) is 19.5. The molecular weight excluding hydrogens is 1610 g/mol. The summed E-state index contributed by atoms with van der Waals surface area (Å²) in [5.74, 6) is -2.43. The van der Waals surface area contributed by atoms with E-state index in [1.165, 1.54) is 0 Å². The molecule has 0 aromatic carbocycles. The van der Waals surface area contributed by atoms with Gasteiger partial charge in [-0.05, 0) is 0 Å². The van der Waals surface area contributed by atoms with Crippen LogP contribution < -0.4 is 27.4 Å². The molecular formula is C62H99N5O50. The maximum absolute atomic E-state index is 12.4. The van der Waals surface area contributed by atoms with Gasteiger partial charge in [0.1, 0.15) is 165 Å². The fourth-order valence-corrected chi connectivity index (χ4v) is 13.7. The Labute approximate surface area is 658 Å². The van der Waals surface area contributed by atoms with Crippen molar-refractivity contribution in [3.63, 3.8) is 0 Å². The predicted octanol–water partition coefficient (Wildman–Crippen LogP) is -19.9. The molecule has 9 rings (SSSR count). The number of aliphatic hydroxyl groups excluding tert-OH is 20. The van der Waals surface area contributed by atoms with Crippen LogP contribution in [0.3, 0.4) is 0 Å². The van der Waals surface area contributed by atoms with E-state index in [0.717, 1.165) is 20.8 Å². The number of ether oxygens (including phenoxy) is 22. The zero-order valence-corrected chi connectivity index (χ0v) is 61.6. The smallest absolute Gasteiger partial charge is 0.295 e. The minimum absolute atomic E-state index is 0.0265. The summed E-state index contributed by atoms with van der Waals surface area (Å²) in [5.41, 5.74) is 11.0. The van der Waals surface area contributed by atoms with Gasteiger partial charge < -0.3 is 234 Å². The van der Waals surface area contributed by atoms with Crippen molar-refractivity contribution in [1.29, 1.82) is 0 Å². The highest BCUT2D eigenvalue weighted by Crippen LogP contribution is 2.39. The molecule has 44 atom stereocenters. The minimum atomic E-state index is -2.26.